The van der Waals surface area contributed by atoms with Gasteiger partial charge in [-0.15, -0.1) is 0 Å². The Balaban J connectivity index is 2.33. The number of carbonyl (C=O) groups is 2. The highest BCUT2D eigenvalue weighted by Crippen LogP contribution is 2.14. The number of nitrogens with two attached hydrogens (primary N) is 1. The lowest BCUT2D eigenvalue weighted by Crippen LogP contribution is -2.43. The Bertz CT molecular complexity index is 1050. The molecule has 0 spiro atoms. The molecule has 1 aromatic heterocycles. The Morgan fingerprint density at radius 1 is 1.18 bits per heavy atom. The smallest absolute Gasteiger partial charge is 0.338 e. The van der Waals surface area contributed by atoms with Gasteiger partial charge >= 0.3 is 11.7 Å². The van der Waals surface area contributed by atoms with Gasteiger partial charge in [0.25, 0.3) is 5.56 Å². The van der Waals surface area contributed by atoms with Crippen LogP contribution in [-0.4, -0.2) is 27.5 Å². The molecule has 0 saturated heterocycles. The van der Waals surface area contributed by atoms with Crippen LogP contribution >= 0.6 is 0 Å². The van der Waals surface area contributed by atoms with Crippen molar-refractivity contribution in [1.82, 2.24) is 9.13 Å². The van der Waals surface area contributed by atoms with Crippen molar-refractivity contribution in [3.8, 4) is 0 Å². The van der Waals surface area contributed by atoms with E-state index in [0.29, 0.717) is 5.56 Å². The molecule has 0 atom stereocenters. The number of Topliss-reactive ketones (excluding diaryl/α,β-unsaturated/α-hetero) is 1. The molecular weight excluding hydrogens is 362 g/mol. The maximum atomic E-state index is 12.6. The van der Waals surface area contributed by atoms with E-state index in [2.05, 4.69) is 0 Å². The molecule has 0 radical (unpaired) electrons. The molecule has 0 bridgehead atoms. The minimum atomic E-state index is -0.810. The maximum Gasteiger partial charge on any atom is 0.338 e. The fourth-order valence-electron chi connectivity index (χ4n) is 2.84. The van der Waals surface area contributed by atoms with Crippen LogP contribution in [0.25, 0.3) is 0 Å². The molecule has 2 N–H and O–H groups in total. The number of hydrogen-bond donors (Lipinski definition) is 1. The van der Waals surface area contributed by atoms with Crippen molar-refractivity contribution in [2.24, 2.45) is 13.0 Å². The molecule has 0 aliphatic rings. The van der Waals surface area contributed by atoms with Crippen LogP contribution in [0, 0.1) is 19.8 Å². The number of aryl methyl sites for hydroxylation is 1. The second-order valence-corrected chi connectivity index (χ2v) is 7.16. The highest BCUT2D eigenvalue weighted by Gasteiger charge is 2.23. The number of nitrogen functional groups attached to an aromatic ring is 1. The van der Waals surface area contributed by atoms with Crippen molar-refractivity contribution >= 4 is 17.6 Å². The van der Waals surface area contributed by atoms with Crippen LogP contribution in [0.2, 0.25) is 0 Å². The second-order valence-electron chi connectivity index (χ2n) is 7.16. The lowest BCUT2D eigenvalue weighted by atomic mass is 10.0. The number of ether oxygens (including phenoxy) is 1. The highest BCUT2D eigenvalue weighted by atomic mass is 16.5. The van der Waals surface area contributed by atoms with Gasteiger partial charge in [0.2, 0.25) is 5.78 Å². The normalized spacial score (nSPS) is 10.9. The van der Waals surface area contributed by atoms with Crippen molar-refractivity contribution in [3.05, 3.63) is 61.3 Å². The van der Waals surface area contributed by atoms with E-state index in [1.807, 2.05) is 26.8 Å². The molecule has 150 valence electrons. The quantitative estimate of drug-likeness (QED) is 0.593. The number of benzene rings is 1. The first-order valence-electron chi connectivity index (χ1n) is 8.92. The van der Waals surface area contributed by atoms with Gasteiger partial charge < -0.3 is 10.5 Å². The van der Waals surface area contributed by atoms with Crippen molar-refractivity contribution in [1.29, 1.82) is 0 Å². The van der Waals surface area contributed by atoms with Crippen LogP contribution in [0.1, 0.15) is 45.7 Å². The average molecular weight is 387 g/mol. The summed E-state index contributed by atoms with van der Waals surface area (Å²) < 4.78 is 7.12. The number of rotatable bonds is 6. The van der Waals surface area contributed by atoms with Gasteiger partial charge in [-0.2, -0.15) is 0 Å². The van der Waals surface area contributed by atoms with Crippen molar-refractivity contribution in [2.75, 3.05) is 12.3 Å². The van der Waals surface area contributed by atoms with Crippen LogP contribution in [0.5, 0.6) is 0 Å². The summed E-state index contributed by atoms with van der Waals surface area (Å²) in [6.45, 7) is 7.00. The zero-order chi connectivity index (χ0) is 21.2. The average Bonchev–Trinajstić information content (AvgIpc) is 2.63. The molecule has 2 aromatic rings. The molecule has 0 aliphatic heterocycles. The van der Waals surface area contributed by atoms with E-state index >= 15 is 0 Å². The Morgan fingerprint density at radius 3 is 2.43 bits per heavy atom. The van der Waals surface area contributed by atoms with Crippen molar-refractivity contribution < 1.29 is 14.3 Å². The summed E-state index contributed by atoms with van der Waals surface area (Å²) in [5.74, 6) is -1.56. The molecule has 1 aromatic carbocycles. The number of carbonyl (C=O) groups excluding carboxylic acids is 2. The van der Waals surface area contributed by atoms with E-state index in [1.54, 1.807) is 19.1 Å². The molecule has 1 heterocycles. The SMILES string of the molecule is Cc1cccc(C(=O)OCC(=O)c2c(N)n(CC(C)C)c(=O)n(C)c2=O)c1C. The monoisotopic (exact) mass is 387 g/mol. The standard InChI is InChI=1S/C20H25N3O5/c1-11(2)9-23-17(21)16(18(25)22(5)20(23)27)15(24)10-28-19(26)14-8-6-7-12(3)13(14)4/h6-8,11H,9-10,21H2,1-5H3. The molecule has 0 aliphatic carbocycles. The number of hydrogen-bond acceptors (Lipinski definition) is 6. The summed E-state index contributed by atoms with van der Waals surface area (Å²) in [6, 6.07) is 5.18. The van der Waals surface area contributed by atoms with Crippen LogP contribution in [-0.2, 0) is 18.3 Å². The topological polar surface area (TPSA) is 113 Å². The van der Waals surface area contributed by atoms with E-state index in [1.165, 1.54) is 11.6 Å². The first kappa shape index (κ1) is 21.1. The van der Waals surface area contributed by atoms with Crippen molar-refractivity contribution in [3.63, 3.8) is 0 Å². The van der Waals surface area contributed by atoms with Gasteiger partial charge in [0, 0.05) is 13.6 Å². The summed E-state index contributed by atoms with van der Waals surface area (Å²) in [6.07, 6.45) is 0. The molecule has 0 saturated carbocycles. The second kappa shape index (κ2) is 8.24. The number of anilines is 1. The molecule has 8 heteroatoms. The molecule has 28 heavy (non-hydrogen) atoms. The van der Waals surface area contributed by atoms with E-state index in [4.69, 9.17) is 10.5 Å². The predicted octanol–water partition coefficient (Wildman–Crippen LogP) is 1.44. The number of esters is 1. The van der Waals surface area contributed by atoms with Crippen LogP contribution in [0.15, 0.2) is 27.8 Å². The van der Waals surface area contributed by atoms with Crippen molar-refractivity contribution in [2.45, 2.75) is 34.2 Å². The van der Waals surface area contributed by atoms with E-state index in [-0.39, 0.29) is 23.8 Å². The van der Waals surface area contributed by atoms with Crippen LogP contribution in [0.4, 0.5) is 5.82 Å². The third-order valence-electron chi connectivity index (χ3n) is 4.57. The number of nitrogens with zero attached hydrogens (tertiary/aromatic N) is 2. The van der Waals surface area contributed by atoms with E-state index in [9.17, 15) is 19.2 Å². The Labute approximate surface area is 162 Å². The maximum absolute atomic E-state index is 12.6. The molecule has 2 rings (SSSR count). The zero-order valence-corrected chi connectivity index (χ0v) is 16.7. The van der Waals surface area contributed by atoms with Gasteiger partial charge in [0.1, 0.15) is 11.4 Å². The van der Waals surface area contributed by atoms with Gasteiger partial charge in [-0.1, -0.05) is 26.0 Å². The largest absolute Gasteiger partial charge is 0.454 e. The molecule has 0 amide bonds. The van der Waals surface area contributed by atoms with E-state index < -0.39 is 29.6 Å². The summed E-state index contributed by atoms with van der Waals surface area (Å²) in [7, 11) is 1.28. The van der Waals surface area contributed by atoms with Crippen LogP contribution < -0.4 is 17.0 Å². The van der Waals surface area contributed by atoms with E-state index in [0.717, 1.165) is 15.7 Å². The minimum Gasteiger partial charge on any atom is -0.454 e. The summed E-state index contributed by atoms with van der Waals surface area (Å²) in [5.41, 5.74) is 6.21. The third kappa shape index (κ3) is 4.05. The first-order chi connectivity index (χ1) is 13.1. The number of ketones is 1. The minimum absolute atomic E-state index is 0.0718. The molecule has 8 nitrogen and oxygen atoms in total. The van der Waals surface area contributed by atoms with Crippen LogP contribution in [0.3, 0.4) is 0 Å². The fourth-order valence-corrected chi connectivity index (χ4v) is 2.84. The summed E-state index contributed by atoms with van der Waals surface area (Å²) >= 11 is 0. The third-order valence-corrected chi connectivity index (χ3v) is 4.57. The summed E-state index contributed by atoms with van der Waals surface area (Å²) in [4.78, 5) is 49.6. The fraction of sp³-hybridized carbons (Fsp3) is 0.400. The van der Waals surface area contributed by atoms with Gasteiger partial charge in [0.15, 0.2) is 6.61 Å². The Kier molecular flexibility index (Phi) is 6.23. The first-order valence-corrected chi connectivity index (χ1v) is 8.92. The predicted molar refractivity (Wildman–Crippen MR) is 106 cm³/mol. The van der Waals surface area contributed by atoms with Gasteiger partial charge in [0.05, 0.1) is 5.56 Å². The lowest BCUT2D eigenvalue weighted by molar-refractivity contribution is 0.0473. The molecule has 0 fully saturated rings. The Morgan fingerprint density at radius 2 is 1.82 bits per heavy atom. The molecule has 0 unspecified atom stereocenters. The zero-order valence-electron chi connectivity index (χ0n) is 16.7. The Hall–Kier alpha value is -3.16. The lowest BCUT2D eigenvalue weighted by Gasteiger charge is -2.16. The van der Waals surface area contributed by atoms with Gasteiger partial charge in [-0.05, 0) is 37.0 Å². The molecular formula is C20H25N3O5. The van der Waals surface area contributed by atoms with Gasteiger partial charge in [-0.25, -0.2) is 9.59 Å². The summed E-state index contributed by atoms with van der Waals surface area (Å²) in [5, 5.41) is 0. The van der Waals surface area contributed by atoms with Gasteiger partial charge in [-0.3, -0.25) is 18.7 Å². The number of aromatic nitrogens is 2. The highest BCUT2D eigenvalue weighted by molar-refractivity contribution is 6.02.